The molecule has 3 nitrogen and oxygen atoms in total. The second-order valence-electron chi connectivity index (χ2n) is 5.25. The van der Waals surface area contributed by atoms with Gasteiger partial charge in [-0.25, -0.2) is 0 Å². The van der Waals surface area contributed by atoms with E-state index in [1.165, 1.54) is 22.8 Å². The van der Waals surface area contributed by atoms with Crippen LogP contribution in [-0.4, -0.2) is 25.2 Å². The molecule has 2 unspecified atom stereocenters. The molecule has 2 heterocycles. The molecule has 0 bridgehead atoms. The number of fused-ring (bicyclic) bond motifs is 1. The third-order valence-electron chi connectivity index (χ3n) is 4.03. The first-order valence-corrected chi connectivity index (χ1v) is 6.96. The van der Waals surface area contributed by atoms with E-state index in [1.807, 2.05) is 19.4 Å². The Kier molecular flexibility index (Phi) is 3.76. The van der Waals surface area contributed by atoms with Gasteiger partial charge in [-0.1, -0.05) is 18.2 Å². The summed E-state index contributed by atoms with van der Waals surface area (Å²) in [6, 6.07) is 8.96. The number of hydrogen-bond donors (Lipinski definition) is 1. The highest BCUT2D eigenvalue weighted by Gasteiger charge is 2.21. The van der Waals surface area contributed by atoms with Gasteiger partial charge in [0.1, 0.15) is 0 Å². The summed E-state index contributed by atoms with van der Waals surface area (Å²) in [6.45, 7) is 1.82. The predicted molar refractivity (Wildman–Crippen MR) is 77.1 cm³/mol. The van der Waals surface area contributed by atoms with Gasteiger partial charge in [0.05, 0.1) is 0 Å². The normalized spacial score (nSPS) is 20.8. The quantitative estimate of drug-likeness (QED) is 0.913. The van der Waals surface area contributed by atoms with E-state index in [4.69, 9.17) is 4.74 Å². The Bertz CT molecular complexity index is 544. The Labute approximate surface area is 114 Å². The fourth-order valence-electron chi connectivity index (χ4n) is 2.95. The van der Waals surface area contributed by atoms with Gasteiger partial charge in [0, 0.05) is 37.0 Å². The summed E-state index contributed by atoms with van der Waals surface area (Å²) in [7, 11) is 2.04. The third kappa shape index (κ3) is 2.62. The van der Waals surface area contributed by atoms with E-state index in [0.29, 0.717) is 12.0 Å². The predicted octanol–water partition coefficient (Wildman–Crippen LogP) is 2.92. The fourth-order valence-corrected chi connectivity index (χ4v) is 2.95. The number of hydrogen-bond acceptors (Lipinski definition) is 3. The van der Waals surface area contributed by atoms with Gasteiger partial charge in [0.15, 0.2) is 0 Å². The van der Waals surface area contributed by atoms with E-state index in [-0.39, 0.29) is 0 Å². The standard InChI is InChI=1S/C16H20N2O/c1-17-16(9-12-6-8-19-11-12)15-4-2-3-13-10-18-7-5-14(13)15/h2-5,7,10,12,16-17H,6,8-9,11H2,1H3. The summed E-state index contributed by atoms with van der Waals surface area (Å²) in [5.74, 6) is 0.676. The average Bonchev–Trinajstić information content (AvgIpc) is 2.97. The summed E-state index contributed by atoms with van der Waals surface area (Å²) in [5.41, 5.74) is 1.37. The first-order chi connectivity index (χ1) is 9.38. The van der Waals surface area contributed by atoms with Crippen molar-refractivity contribution >= 4 is 10.8 Å². The smallest absolute Gasteiger partial charge is 0.0495 e. The molecule has 0 aliphatic carbocycles. The number of ether oxygens (including phenoxy) is 1. The van der Waals surface area contributed by atoms with Crippen LogP contribution >= 0.6 is 0 Å². The molecule has 2 atom stereocenters. The minimum Gasteiger partial charge on any atom is -0.381 e. The Morgan fingerprint density at radius 3 is 3.16 bits per heavy atom. The Hall–Kier alpha value is -1.45. The van der Waals surface area contributed by atoms with Gasteiger partial charge in [-0.05, 0) is 42.8 Å². The minimum absolute atomic E-state index is 0.387. The second kappa shape index (κ2) is 5.68. The van der Waals surface area contributed by atoms with E-state index in [0.717, 1.165) is 19.6 Å². The zero-order chi connectivity index (χ0) is 13.1. The van der Waals surface area contributed by atoms with Crippen molar-refractivity contribution in [3.63, 3.8) is 0 Å². The summed E-state index contributed by atoms with van der Waals surface area (Å²) < 4.78 is 5.49. The van der Waals surface area contributed by atoms with Gasteiger partial charge < -0.3 is 10.1 Å². The topological polar surface area (TPSA) is 34.1 Å². The molecule has 1 N–H and O–H groups in total. The van der Waals surface area contributed by atoms with Crippen molar-refractivity contribution in [3.8, 4) is 0 Å². The Morgan fingerprint density at radius 2 is 2.37 bits per heavy atom. The summed E-state index contributed by atoms with van der Waals surface area (Å²) in [5, 5.41) is 5.97. The van der Waals surface area contributed by atoms with Crippen LogP contribution in [0.15, 0.2) is 36.7 Å². The van der Waals surface area contributed by atoms with Crippen molar-refractivity contribution in [1.82, 2.24) is 10.3 Å². The highest BCUT2D eigenvalue weighted by molar-refractivity contribution is 5.85. The number of nitrogens with zero attached hydrogens (tertiary/aromatic N) is 1. The molecule has 2 aromatic rings. The fraction of sp³-hybridized carbons (Fsp3) is 0.438. The zero-order valence-corrected chi connectivity index (χ0v) is 11.3. The van der Waals surface area contributed by atoms with Crippen molar-refractivity contribution in [2.75, 3.05) is 20.3 Å². The molecule has 3 rings (SSSR count). The van der Waals surface area contributed by atoms with Crippen LogP contribution in [0.4, 0.5) is 0 Å². The van der Waals surface area contributed by atoms with Gasteiger partial charge in [-0.3, -0.25) is 4.98 Å². The van der Waals surface area contributed by atoms with E-state index in [9.17, 15) is 0 Å². The number of pyridine rings is 1. The van der Waals surface area contributed by atoms with Crippen LogP contribution in [0.3, 0.4) is 0 Å². The van der Waals surface area contributed by atoms with Crippen LogP contribution in [0.2, 0.25) is 0 Å². The molecule has 3 heteroatoms. The van der Waals surface area contributed by atoms with Crippen LogP contribution in [-0.2, 0) is 4.74 Å². The van der Waals surface area contributed by atoms with Crippen molar-refractivity contribution in [2.24, 2.45) is 5.92 Å². The lowest BCUT2D eigenvalue weighted by Crippen LogP contribution is -2.20. The maximum absolute atomic E-state index is 5.49. The molecule has 1 aliphatic heterocycles. The third-order valence-corrected chi connectivity index (χ3v) is 4.03. The van der Waals surface area contributed by atoms with E-state index in [1.54, 1.807) is 0 Å². The molecule has 0 saturated carbocycles. The molecule has 0 radical (unpaired) electrons. The number of nitrogens with one attached hydrogen (secondary N) is 1. The monoisotopic (exact) mass is 256 g/mol. The molecule has 1 aromatic carbocycles. The molecule has 0 spiro atoms. The Balaban J connectivity index is 1.91. The van der Waals surface area contributed by atoms with Gasteiger partial charge in [-0.15, -0.1) is 0 Å². The summed E-state index contributed by atoms with van der Waals surface area (Å²) >= 11 is 0. The molecule has 100 valence electrons. The lowest BCUT2D eigenvalue weighted by atomic mass is 9.91. The van der Waals surface area contributed by atoms with Crippen molar-refractivity contribution in [3.05, 3.63) is 42.2 Å². The lowest BCUT2D eigenvalue weighted by molar-refractivity contribution is 0.182. The van der Waals surface area contributed by atoms with E-state index in [2.05, 4.69) is 34.6 Å². The lowest BCUT2D eigenvalue weighted by Gasteiger charge is -2.21. The molecule has 1 aliphatic rings. The molecule has 0 amide bonds. The van der Waals surface area contributed by atoms with Crippen LogP contribution in [0.1, 0.15) is 24.4 Å². The SMILES string of the molecule is CNC(CC1CCOC1)c1cccc2cnccc12. The van der Waals surface area contributed by atoms with Crippen LogP contribution < -0.4 is 5.32 Å². The number of benzene rings is 1. The van der Waals surface area contributed by atoms with E-state index < -0.39 is 0 Å². The van der Waals surface area contributed by atoms with Gasteiger partial charge in [-0.2, -0.15) is 0 Å². The maximum atomic E-state index is 5.49. The maximum Gasteiger partial charge on any atom is 0.0495 e. The van der Waals surface area contributed by atoms with Gasteiger partial charge in [0.2, 0.25) is 0 Å². The molecule has 1 fully saturated rings. The van der Waals surface area contributed by atoms with Crippen molar-refractivity contribution < 1.29 is 4.74 Å². The van der Waals surface area contributed by atoms with Gasteiger partial charge in [0.25, 0.3) is 0 Å². The summed E-state index contributed by atoms with van der Waals surface area (Å²) in [6.07, 6.45) is 6.13. The Morgan fingerprint density at radius 1 is 1.42 bits per heavy atom. The molecular weight excluding hydrogens is 236 g/mol. The zero-order valence-electron chi connectivity index (χ0n) is 11.3. The summed E-state index contributed by atoms with van der Waals surface area (Å²) in [4.78, 5) is 4.20. The molecular formula is C16H20N2O. The number of aromatic nitrogens is 1. The molecule has 19 heavy (non-hydrogen) atoms. The van der Waals surface area contributed by atoms with E-state index >= 15 is 0 Å². The first-order valence-electron chi connectivity index (χ1n) is 6.96. The first kappa shape index (κ1) is 12.6. The van der Waals surface area contributed by atoms with Crippen LogP contribution in [0.5, 0.6) is 0 Å². The minimum atomic E-state index is 0.387. The number of rotatable bonds is 4. The van der Waals surface area contributed by atoms with Crippen LogP contribution in [0, 0.1) is 5.92 Å². The molecule has 1 saturated heterocycles. The molecule has 1 aromatic heterocycles. The largest absolute Gasteiger partial charge is 0.381 e. The highest BCUT2D eigenvalue weighted by Crippen LogP contribution is 2.30. The van der Waals surface area contributed by atoms with Gasteiger partial charge >= 0.3 is 0 Å². The highest BCUT2D eigenvalue weighted by atomic mass is 16.5. The second-order valence-corrected chi connectivity index (χ2v) is 5.25. The van der Waals surface area contributed by atoms with Crippen molar-refractivity contribution in [2.45, 2.75) is 18.9 Å². The average molecular weight is 256 g/mol. The van der Waals surface area contributed by atoms with Crippen molar-refractivity contribution in [1.29, 1.82) is 0 Å². The van der Waals surface area contributed by atoms with Crippen LogP contribution in [0.25, 0.3) is 10.8 Å².